The second kappa shape index (κ2) is 7.70. The van der Waals surface area contributed by atoms with Gasteiger partial charge in [-0.25, -0.2) is 9.78 Å². The van der Waals surface area contributed by atoms with Crippen molar-refractivity contribution in [2.24, 2.45) is 7.05 Å². The van der Waals surface area contributed by atoms with Crippen LogP contribution in [0.3, 0.4) is 0 Å². The van der Waals surface area contributed by atoms with E-state index in [9.17, 15) is 4.79 Å². The summed E-state index contributed by atoms with van der Waals surface area (Å²) >= 11 is 1.64. The predicted octanol–water partition coefficient (Wildman–Crippen LogP) is 4.33. The Morgan fingerprint density at radius 1 is 1.31 bits per heavy atom. The minimum Gasteiger partial charge on any atom is -0.322 e. The molecule has 2 amide bonds. The van der Waals surface area contributed by atoms with Crippen molar-refractivity contribution in [2.75, 3.05) is 12.4 Å². The van der Waals surface area contributed by atoms with Gasteiger partial charge in [0.05, 0.1) is 22.9 Å². The predicted molar refractivity (Wildman–Crippen MR) is 105 cm³/mol. The number of nitrogens with one attached hydrogen (secondary N) is 1. The number of aryl methyl sites for hydroxylation is 1. The minimum atomic E-state index is -0.188. The fraction of sp³-hybridized carbons (Fsp3) is 0.316. The molecule has 0 bridgehead atoms. The van der Waals surface area contributed by atoms with Crippen molar-refractivity contribution in [3.63, 3.8) is 0 Å². The summed E-state index contributed by atoms with van der Waals surface area (Å²) in [6, 6.07) is 11.6. The highest BCUT2D eigenvalue weighted by Crippen LogP contribution is 2.22. The maximum Gasteiger partial charge on any atom is 0.323 e. The maximum atomic E-state index is 12.5. The molecule has 7 heteroatoms. The van der Waals surface area contributed by atoms with Gasteiger partial charge in [0.2, 0.25) is 0 Å². The molecule has 2 heterocycles. The molecule has 3 aromatic rings. The summed E-state index contributed by atoms with van der Waals surface area (Å²) in [6.45, 7) is 4.70. The first-order valence-electron chi connectivity index (χ1n) is 8.50. The van der Waals surface area contributed by atoms with Crippen LogP contribution in [0, 0.1) is 0 Å². The molecule has 136 valence electrons. The van der Waals surface area contributed by atoms with Crippen LogP contribution in [0.2, 0.25) is 0 Å². The van der Waals surface area contributed by atoms with Gasteiger partial charge in [-0.3, -0.25) is 10.00 Å². The Morgan fingerprint density at radius 2 is 2.04 bits per heavy atom. The Balaban J connectivity index is 1.66. The summed E-state index contributed by atoms with van der Waals surface area (Å²) in [4.78, 5) is 18.7. The molecule has 0 spiro atoms. The van der Waals surface area contributed by atoms with Crippen LogP contribution in [-0.4, -0.2) is 32.7 Å². The van der Waals surface area contributed by atoms with Gasteiger partial charge in [-0.05, 0) is 0 Å². The Labute approximate surface area is 157 Å². The summed E-state index contributed by atoms with van der Waals surface area (Å²) in [5.74, 6) is 1.06. The fourth-order valence-electron chi connectivity index (χ4n) is 2.51. The first-order valence-corrected chi connectivity index (χ1v) is 9.38. The lowest BCUT2D eigenvalue weighted by Crippen LogP contribution is -2.31. The molecular weight excluding hydrogens is 346 g/mol. The van der Waals surface area contributed by atoms with E-state index in [1.165, 1.54) is 0 Å². The van der Waals surface area contributed by atoms with E-state index in [2.05, 4.69) is 29.2 Å². The van der Waals surface area contributed by atoms with E-state index in [4.69, 9.17) is 0 Å². The lowest BCUT2D eigenvalue weighted by molar-refractivity contribution is 0.220. The number of rotatable bonds is 5. The third-order valence-corrected chi connectivity index (χ3v) is 5.19. The zero-order valence-corrected chi connectivity index (χ0v) is 16.2. The molecule has 2 aromatic heterocycles. The van der Waals surface area contributed by atoms with E-state index in [1.54, 1.807) is 28.0 Å². The lowest BCUT2D eigenvalue weighted by Gasteiger charge is -2.16. The van der Waals surface area contributed by atoms with Crippen molar-refractivity contribution in [1.29, 1.82) is 0 Å². The van der Waals surface area contributed by atoms with Crippen molar-refractivity contribution < 1.29 is 4.79 Å². The summed E-state index contributed by atoms with van der Waals surface area (Å²) in [6.07, 6.45) is 0. The third kappa shape index (κ3) is 4.11. The van der Waals surface area contributed by atoms with Crippen molar-refractivity contribution in [3.05, 3.63) is 52.5 Å². The second-order valence-corrected chi connectivity index (χ2v) is 7.41. The van der Waals surface area contributed by atoms with Gasteiger partial charge in [-0.1, -0.05) is 44.2 Å². The van der Waals surface area contributed by atoms with E-state index in [0.29, 0.717) is 18.3 Å². The van der Waals surface area contributed by atoms with Gasteiger partial charge in [0.25, 0.3) is 0 Å². The van der Waals surface area contributed by atoms with Crippen molar-refractivity contribution in [2.45, 2.75) is 26.3 Å². The van der Waals surface area contributed by atoms with E-state index in [1.807, 2.05) is 48.8 Å². The maximum absolute atomic E-state index is 12.5. The minimum absolute atomic E-state index is 0.188. The van der Waals surface area contributed by atoms with Crippen LogP contribution in [0.5, 0.6) is 0 Å². The summed E-state index contributed by atoms with van der Waals surface area (Å²) in [5.41, 5.74) is 2.75. The zero-order chi connectivity index (χ0) is 18.7. The van der Waals surface area contributed by atoms with Crippen LogP contribution in [-0.2, 0) is 13.6 Å². The van der Waals surface area contributed by atoms with Crippen LogP contribution in [0.15, 0.2) is 41.8 Å². The van der Waals surface area contributed by atoms with Crippen molar-refractivity contribution in [3.8, 4) is 11.3 Å². The first kappa shape index (κ1) is 18.1. The van der Waals surface area contributed by atoms with Gasteiger partial charge in [-0.2, -0.15) is 5.10 Å². The molecule has 0 radical (unpaired) electrons. The molecule has 0 aliphatic heterocycles. The average molecular weight is 369 g/mol. The third-order valence-electron chi connectivity index (χ3n) is 3.99. The van der Waals surface area contributed by atoms with Gasteiger partial charge in [0, 0.05) is 37.0 Å². The molecule has 0 aliphatic rings. The quantitative estimate of drug-likeness (QED) is 0.728. The smallest absolute Gasteiger partial charge is 0.322 e. The largest absolute Gasteiger partial charge is 0.323 e. The molecule has 3 rings (SSSR count). The Hall–Kier alpha value is -2.67. The number of amides is 2. The highest BCUT2D eigenvalue weighted by Gasteiger charge is 2.15. The molecule has 0 saturated carbocycles. The van der Waals surface area contributed by atoms with Crippen LogP contribution in [0.1, 0.15) is 30.5 Å². The summed E-state index contributed by atoms with van der Waals surface area (Å²) < 4.78 is 1.67. The molecule has 6 nitrogen and oxygen atoms in total. The molecule has 1 aromatic carbocycles. The molecule has 0 atom stereocenters. The zero-order valence-electron chi connectivity index (χ0n) is 15.4. The van der Waals surface area contributed by atoms with E-state index < -0.39 is 0 Å². The Morgan fingerprint density at radius 3 is 2.69 bits per heavy atom. The number of benzene rings is 1. The number of nitrogens with zero attached hydrogens (tertiary/aromatic N) is 4. The molecule has 0 aliphatic carbocycles. The van der Waals surface area contributed by atoms with Crippen LogP contribution in [0.25, 0.3) is 11.3 Å². The standard InChI is InChI=1S/C19H23N5OS/c1-13(2)18-20-15(12-26-18)11-23(3)19(25)21-17-10-16(22-24(17)4)14-8-6-5-7-9-14/h5-10,12-13H,11H2,1-4H3,(H,21,25). The van der Waals surface area contributed by atoms with E-state index in [0.717, 1.165) is 22.0 Å². The van der Waals surface area contributed by atoms with Crippen LogP contribution in [0.4, 0.5) is 10.6 Å². The summed E-state index contributed by atoms with van der Waals surface area (Å²) in [7, 11) is 3.58. The summed E-state index contributed by atoms with van der Waals surface area (Å²) in [5, 5.41) is 10.5. The molecule has 0 fully saturated rings. The fourth-order valence-corrected chi connectivity index (χ4v) is 3.34. The van der Waals surface area contributed by atoms with Crippen molar-refractivity contribution in [1.82, 2.24) is 19.7 Å². The number of carbonyl (C=O) groups is 1. The van der Waals surface area contributed by atoms with E-state index in [-0.39, 0.29) is 6.03 Å². The highest BCUT2D eigenvalue weighted by atomic mass is 32.1. The van der Waals surface area contributed by atoms with Crippen LogP contribution >= 0.6 is 11.3 Å². The van der Waals surface area contributed by atoms with Gasteiger partial charge >= 0.3 is 6.03 Å². The van der Waals surface area contributed by atoms with Gasteiger partial charge in [0.1, 0.15) is 5.82 Å². The SMILES string of the molecule is CC(C)c1nc(CN(C)C(=O)Nc2cc(-c3ccccc3)nn2C)cs1. The number of hydrogen-bond acceptors (Lipinski definition) is 4. The Bertz CT molecular complexity index is 884. The average Bonchev–Trinajstić information content (AvgIpc) is 3.23. The van der Waals surface area contributed by atoms with Gasteiger partial charge < -0.3 is 4.90 Å². The molecule has 1 N–H and O–H groups in total. The topological polar surface area (TPSA) is 63.1 Å². The normalized spacial score (nSPS) is 11.0. The van der Waals surface area contributed by atoms with E-state index >= 15 is 0 Å². The van der Waals surface area contributed by atoms with Gasteiger partial charge in [0.15, 0.2) is 0 Å². The monoisotopic (exact) mass is 369 g/mol. The number of hydrogen-bond donors (Lipinski definition) is 1. The van der Waals surface area contributed by atoms with Gasteiger partial charge in [-0.15, -0.1) is 11.3 Å². The number of urea groups is 1. The highest BCUT2D eigenvalue weighted by molar-refractivity contribution is 7.09. The number of thiazole rings is 1. The van der Waals surface area contributed by atoms with Crippen molar-refractivity contribution >= 4 is 23.2 Å². The Kier molecular flexibility index (Phi) is 5.37. The molecule has 0 saturated heterocycles. The molecule has 26 heavy (non-hydrogen) atoms. The number of carbonyl (C=O) groups excluding carboxylic acids is 1. The first-order chi connectivity index (χ1) is 12.4. The van der Waals surface area contributed by atoms with Crippen LogP contribution < -0.4 is 5.32 Å². The lowest BCUT2D eigenvalue weighted by atomic mass is 10.2. The second-order valence-electron chi connectivity index (χ2n) is 6.52. The molecule has 0 unspecified atom stereocenters. The number of anilines is 1. The molecular formula is C19H23N5OS. The number of aromatic nitrogens is 3.